The van der Waals surface area contributed by atoms with Crippen LogP contribution in [0.5, 0.6) is 0 Å². The highest BCUT2D eigenvalue weighted by Gasteiger charge is 2.15. The van der Waals surface area contributed by atoms with Crippen molar-refractivity contribution in [3.63, 3.8) is 0 Å². The van der Waals surface area contributed by atoms with Crippen molar-refractivity contribution in [3.8, 4) is 11.8 Å². The maximum atomic E-state index is 12.2. The summed E-state index contributed by atoms with van der Waals surface area (Å²) in [4.78, 5) is 7.99. The number of hydrogen-bond donors (Lipinski definition) is 2. The van der Waals surface area contributed by atoms with Crippen molar-refractivity contribution < 1.29 is 8.42 Å². The van der Waals surface area contributed by atoms with E-state index in [1.807, 2.05) is 0 Å². The summed E-state index contributed by atoms with van der Waals surface area (Å²) >= 11 is 0. The monoisotopic (exact) mass is 305 g/mol. The van der Waals surface area contributed by atoms with Crippen molar-refractivity contribution >= 4 is 10.0 Å². The molecule has 0 unspecified atom stereocenters. The number of aryl methyl sites for hydroxylation is 1. The molecule has 0 aliphatic rings. The molecule has 0 spiro atoms. The Morgan fingerprint density at radius 2 is 2.24 bits per heavy atom. The van der Waals surface area contributed by atoms with Crippen LogP contribution in [-0.2, 0) is 23.6 Å². The van der Waals surface area contributed by atoms with Gasteiger partial charge in [0.2, 0.25) is 10.0 Å². The highest BCUT2D eigenvalue weighted by atomic mass is 32.2. The Morgan fingerprint density at radius 1 is 1.43 bits per heavy atom. The summed E-state index contributed by atoms with van der Waals surface area (Å²) in [5.74, 6) is 6.02. The summed E-state index contributed by atoms with van der Waals surface area (Å²) in [5, 5.41) is 0. The van der Waals surface area contributed by atoms with Gasteiger partial charge >= 0.3 is 0 Å². The van der Waals surface area contributed by atoms with Gasteiger partial charge in [-0.1, -0.05) is 11.8 Å². The largest absolute Gasteiger partial charge is 0.337 e. The molecule has 0 atom stereocenters. The number of aromatic nitrogens is 3. The van der Waals surface area contributed by atoms with E-state index in [9.17, 15) is 8.42 Å². The molecular weight excluding hydrogens is 290 g/mol. The zero-order chi connectivity index (χ0) is 15.3. The van der Waals surface area contributed by atoms with Crippen LogP contribution in [0.1, 0.15) is 11.4 Å². The van der Waals surface area contributed by atoms with Crippen LogP contribution in [0.25, 0.3) is 0 Å². The van der Waals surface area contributed by atoms with Crippen LogP contribution in [-0.4, -0.2) is 29.5 Å². The van der Waals surface area contributed by atoms with Gasteiger partial charge in [0, 0.05) is 37.4 Å². The first kappa shape index (κ1) is 15.2. The van der Waals surface area contributed by atoms with Crippen LogP contribution in [0.4, 0.5) is 0 Å². The van der Waals surface area contributed by atoms with Crippen molar-refractivity contribution in [1.82, 2.24) is 19.3 Å². The predicted molar refractivity (Wildman–Crippen MR) is 77.4 cm³/mol. The second kappa shape index (κ2) is 6.49. The lowest BCUT2D eigenvalue weighted by atomic mass is 10.3. The Kier molecular flexibility index (Phi) is 4.70. The third-order valence-corrected chi connectivity index (χ3v) is 4.07. The molecule has 0 fully saturated rings. The fourth-order valence-corrected chi connectivity index (χ4v) is 2.56. The van der Waals surface area contributed by atoms with E-state index in [-0.39, 0.29) is 18.0 Å². The normalized spacial score (nSPS) is 11.0. The fourth-order valence-electron chi connectivity index (χ4n) is 1.60. The van der Waals surface area contributed by atoms with Gasteiger partial charge in [0.15, 0.2) is 0 Å². The average molecular weight is 305 g/mol. The lowest BCUT2D eigenvalue weighted by molar-refractivity contribution is 0.577. The minimum absolute atomic E-state index is 0.0560. The van der Waals surface area contributed by atoms with E-state index >= 15 is 0 Å². The van der Waals surface area contributed by atoms with Gasteiger partial charge in [-0.15, -0.1) is 0 Å². The average Bonchev–Trinajstić information content (AvgIpc) is 2.89. The van der Waals surface area contributed by atoms with Crippen LogP contribution in [0.3, 0.4) is 0 Å². The molecule has 0 aliphatic carbocycles. The maximum Gasteiger partial charge on any atom is 0.242 e. The van der Waals surface area contributed by atoms with Crippen LogP contribution >= 0.6 is 0 Å². The number of nitrogens with zero attached hydrogens (tertiary/aromatic N) is 3. The van der Waals surface area contributed by atoms with Crippen molar-refractivity contribution in [3.05, 3.63) is 42.2 Å². The van der Waals surface area contributed by atoms with Gasteiger partial charge in [0.25, 0.3) is 0 Å². The third-order valence-electron chi connectivity index (χ3n) is 2.70. The standard InChI is InChI=1S/C13H15N5O2S/c1-18-6-5-16-13(18)10-17-21(19,20)12-7-11(3-2-4-14)8-15-9-12/h5-9,17H,4,10,14H2,1H3. The molecule has 21 heavy (non-hydrogen) atoms. The predicted octanol–water partition coefficient (Wildman–Crippen LogP) is -0.396. The Hall–Kier alpha value is -2.21. The summed E-state index contributed by atoms with van der Waals surface area (Å²) in [7, 11) is -1.87. The minimum atomic E-state index is -3.67. The van der Waals surface area contributed by atoms with Crippen LogP contribution in [0, 0.1) is 11.8 Å². The Balaban J connectivity index is 2.17. The molecule has 0 bridgehead atoms. The van der Waals surface area contributed by atoms with Gasteiger partial charge in [-0.3, -0.25) is 4.98 Å². The molecule has 110 valence electrons. The number of nitrogens with two attached hydrogens (primary N) is 1. The molecule has 2 aromatic rings. The third kappa shape index (κ3) is 3.88. The van der Waals surface area contributed by atoms with Gasteiger partial charge in [-0.2, -0.15) is 0 Å². The van der Waals surface area contributed by atoms with E-state index in [2.05, 4.69) is 26.5 Å². The number of rotatable bonds is 4. The van der Waals surface area contributed by atoms with Crippen molar-refractivity contribution in [2.45, 2.75) is 11.4 Å². The molecule has 2 heterocycles. The van der Waals surface area contributed by atoms with Gasteiger partial charge in [-0.25, -0.2) is 18.1 Å². The first-order chi connectivity index (χ1) is 10.0. The van der Waals surface area contributed by atoms with E-state index in [4.69, 9.17) is 5.73 Å². The molecule has 2 rings (SSSR count). The van der Waals surface area contributed by atoms with Gasteiger partial charge in [-0.05, 0) is 6.07 Å². The molecule has 0 amide bonds. The molecule has 0 aliphatic heterocycles. The van der Waals surface area contributed by atoms with E-state index in [1.54, 1.807) is 24.0 Å². The molecule has 7 nitrogen and oxygen atoms in total. The molecule has 8 heteroatoms. The van der Waals surface area contributed by atoms with E-state index < -0.39 is 10.0 Å². The Morgan fingerprint density at radius 3 is 2.90 bits per heavy atom. The molecule has 0 saturated carbocycles. The first-order valence-corrected chi connectivity index (χ1v) is 7.61. The van der Waals surface area contributed by atoms with Gasteiger partial charge < -0.3 is 10.3 Å². The molecule has 0 radical (unpaired) electrons. The van der Waals surface area contributed by atoms with Gasteiger partial charge in [0.1, 0.15) is 10.7 Å². The van der Waals surface area contributed by atoms with Crippen molar-refractivity contribution in [1.29, 1.82) is 0 Å². The fraction of sp³-hybridized carbons (Fsp3) is 0.231. The van der Waals surface area contributed by atoms with Crippen LogP contribution in [0.15, 0.2) is 35.7 Å². The maximum absolute atomic E-state index is 12.2. The lowest BCUT2D eigenvalue weighted by Gasteiger charge is -2.06. The highest BCUT2D eigenvalue weighted by Crippen LogP contribution is 2.09. The number of nitrogens with one attached hydrogen (secondary N) is 1. The molecule has 0 aromatic carbocycles. The lowest BCUT2D eigenvalue weighted by Crippen LogP contribution is -2.25. The van der Waals surface area contributed by atoms with Crippen LogP contribution in [0.2, 0.25) is 0 Å². The summed E-state index contributed by atoms with van der Waals surface area (Å²) in [6.07, 6.45) is 6.11. The topological polar surface area (TPSA) is 103 Å². The number of pyridine rings is 1. The van der Waals surface area contributed by atoms with Crippen LogP contribution < -0.4 is 10.5 Å². The van der Waals surface area contributed by atoms with E-state index in [0.29, 0.717) is 11.4 Å². The van der Waals surface area contributed by atoms with Gasteiger partial charge in [0.05, 0.1) is 13.1 Å². The zero-order valence-electron chi connectivity index (χ0n) is 11.4. The molecular formula is C13H15N5O2S. The summed E-state index contributed by atoms with van der Waals surface area (Å²) < 4.78 is 28.6. The zero-order valence-corrected chi connectivity index (χ0v) is 12.3. The molecule has 0 saturated heterocycles. The first-order valence-electron chi connectivity index (χ1n) is 6.13. The van der Waals surface area contributed by atoms with Crippen molar-refractivity contribution in [2.24, 2.45) is 12.8 Å². The van der Waals surface area contributed by atoms with E-state index in [0.717, 1.165) is 0 Å². The molecule has 2 aromatic heterocycles. The minimum Gasteiger partial charge on any atom is -0.337 e. The Labute approximate surface area is 123 Å². The smallest absolute Gasteiger partial charge is 0.242 e. The van der Waals surface area contributed by atoms with E-state index in [1.165, 1.54) is 18.5 Å². The Bertz CT molecular complexity index is 786. The van der Waals surface area contributed by atoms with Crippen molar-refractivity contribution in [2.75, 3.05) is 6.54 Å². The summed E-state index contributed by atoms with van der Waals surface area (Å²) in [6.45, 7) is 0.304. The highest BCUT2D eigenvalue weighted by molar-refractivity contribution is 7.89. The molecule has 3 N–H and O–H groups in total. The summed E-state index contributed by atoms with van der Waals surface area (Å²) in [5.41, 5.74) is 5.78. The number of imidazole rings is 1. The second-order valence-electron chi connectivity index (χ2n) is 4.19. The quantitative estimate of drug-likeness (QED) is 0.748. The summed E-state index contributed by atoms with van der Waals surface area (Å²) in [6, 6.07) is 1.45. The second-order valence-corrected chi connectivity index (χ2v) is 5.96. The number of hydrogen-bond acceptors (Lipinski definition) is 5. The SMILES string of the molecule is Cn1ccnc1CNS(=O)(=O)c1cncc(C#CCN)c1. The number of sulfonamides is 1.